The third-order valence-corrected chi connectivity index (χ3v) is 6.73. The van der Waals surface area contributed by atoms with E-state index in [9.17, 15) is 14.0 Å². The van der Waals surface area contributed by atoms with Crippen molar-refractivity contribution in [1.29, 1.82) is 0 Å². The molecule has 0 N–H and O–H groups in total. The number of carbonyl (C=O) groups is 2. The number of aromatic nitrogens is 1. The summed E-state index contributed by atoms with van der Waals surface area (Å²) in [4.78, 5) is 30.1. The van der Waals surface area contributed by atoms with Crippen LogP contribution >= 0.6 is 11.8 Å². The predicted molar refractivity (Wildman–Crippen MR) is 120 cm³/mol. The fourth-order valence-electron chi connectivity index (χ4n) is 3.72. The summed E-state index contributed by atoms with van der Waals surface area (Å²) in [6, 6.07) is 13.5. The highest BCUT2D eigenvalue weighted by Gasteiger charge is 2.27. The Morgan fingerprint density at radius 3 is 2.09 bits per heavy atom. The number of piperazine rings is 1. The third-order valence-electron chi connectivity index (χ3n) is 5.63. The molecular weight excluding hydrogens is 429 g/mol. The number of benzene rings is 2. The average molecular weight is 454 g/mol. The Hall–Kier alpha value is -3.13. The zero-order valence-corrected chi connectivity index (χ0v) is 18.8. The van der Waals surface area contributed by atoms with Crippen molar-refractivity contribution in [3.8, 4) is 0 Å². The van der Waals surface area contributed by atoms with Crippen LogP contribution in [0.25, 0.3) is 0 Å². The van der Waals surface area contributed by atoms with Gasteiger partial charge in [0.15, 0.2) is 0 Å². The van der Waals surface area contributed by atoms with Crippen LogP contribution in [0.5, 0.6) is 0 Å². The minimum absolute atomic E-state index is 0.0633. The number of nitrogens with zero attached hydrogens (tertiary/aromatic N) is 3. The number of amides is 2. The molecule has 1 aromatic heterocycles. The zero-order chi connectivity index (χ0) is 22.7. The Balaban J connectivity index is 1.41. The zero-order valence-electron chi connectivity index (χ0n) is 18.0. The molecule has 2 aromatic carbocycles. The van der Waals surface area contributed by atoms with Gasteiger partial charge in [-0.3, -0.25) is 9.59 Å². The van der Waals surface area contributed by atoms with Crippen LogP contribution in [0.3, 0.4) is 0 Å². The van der Waals surface area contributed by atoms with Gasteiger partial charge in [0.25, 0.3) is 11.8 Å². The molecule has 0 bridgehead atoms. The number of thioether (sulfide) groups is 1. The van der Waals surface area contributed by atoms with E-state index in [2.05, 4.69) is 5.16 Å². The second-order valence-electron chi connectivity index (χ2n) is 7.65. The van der Waals surface area contributed by atoms with Gasteiger partial charge in [-0.15, -0.1) is 11.8 Å². The standard InChI is InChI=1S/C24H24FN3O3S/c1-16-20(17(2)31-26-16)15-32-22-10-6-4-8-19(22)24(30)28-13-11-27(12-14-28)23(29)18-7-3-5-9-21(18)25/h3-10H,11-15H2,1-2H3. The molecule has 166 valence electrons. The number of aryl methyl sites for hydroxylation is 2. The van der Waals surface area contributed by atoms with E-state index in [1.54, 1.807) is 33.7 Å². The Morgan fingerprint density at radius 1 is 0.938 bits per heavy atom. The Morgan fingerprint density at radius 2 is 1.50 bits per heavy atom. The van der Waals surface area contributed by atoms with Crippen molar-refractivity contribution in [2.45, 2.75) is 24.5 Å². The molecule has 4 rings (SSSR count). The molecule has 1 aliphatic heterocycles. The summed E-state index contributed by atoms with van der Waals surface area (Å²) in [6.07, 6.45) is 0. The van der Waals surface area contributed by atoms with E-state index < -0.39 is 5.82 Å². The van der Waals surface area contributed by atoms with Gasteiger partial charge in [0.1, 0.15) is 11.6 Å². The summed E-state index contributed by atoms with van der Waals surface area (Å²) in [5.74, 6) is 0.515. The van der Waals surface area contributed by atoms with E-state index in [4.69, 9.17) is 4.52 Å². The van der Waals surface area contributed by atoms with Gasteiger partial charge in [0, 0.05) is 42.4 Å². The minimum atomic E-state index is -0.528. The van der Waals surface area contributed by atoms with Crippen LogP contribution < -0.4 is 0 Å². The summed E-state index contributed by atoms with van der Waals surface area (Å²) in [5, 5.41) is 3.99. The van der Waals surface area contributed by atoms with Gasteiger partial charge in [0.2, 0.25) is 0 Å². The van der Waals surface area contributed by atoms with Crippen molar-refractivity contribution >= 4 is 23.6 Å². The van der Waals surface area contributed by atoms with Gasteiger partial charge in [0.05, 0.1) is 16.8 Å². The molecule has 0 atom stereocenters. The maximum absolute atomic E-state index is 14.0. The lowest BCUT2D eigenvalue weighted by molar-refractivity contribution is 0.0531. The van der Waals surface area contributed by atoms with E-state index in [0.29, 0.717) is 37.5 Å². The monoisotopic (exact) mass is 453 g/mol. The molecule has 1 aliphatic rings. The summed E-state index contributed by atoms with van der Waals surface area (Å²) in [6.45, 7) is 5.34. The first-order valence-electron chi connectivity index (χ1n) is 10.4. The van der Waals surface area contributed by atoms with Crippen LogP contribution in [0, 0.1) is 19.7 Å². The fraction of sp³-hybridized carbons (Fsp3) is 0.292. The summed E-state index contributed by atoms with van der Waals surface area (Å²) < 4.78 is 19.2. The van der Waals surface area contributed by atoms with Crippen molar-refractivity contribution in [2.24, 2.45) is 0 Å². The molecular formula is C24H24FN3O3S. The highest BCUT2D eigenvalue weighted by atomic mass is 32.2. The first-order chi connectivity index (χ1) is 15.5. The Labute approximate surface area is 190 Å². The SMILES string of the molecule is Cc1noc(C)c1CSc1ccccc1C(=O)N1CCN(C(=O)c2ccccc2F)CC1. The van der Waals surface area contributed by atoms with E-state index in [-0.39, 0.29) is 17.4 Å². The molecule has 1 saturated heterocycles. The third kappa shape index (κ3) is 4.55. The fourth-order valence-corrected chi connectivity index (χ4v) is 4.91. The molecule has 0 unspecified atom stereocenters. The molecule has 8 heteroatoms. The van der Waals surface area contributed by atoms with Crippen LogP contribution in [-0.4, -0.2) is 52.9 Å². The van der Waals surface area contributed by atoms with E-state index >= 15 is 0 Å². The summed E-state index contributed by atoms with van der Waals surface area (Å²) >= 11 is 1.58. The van der Waals surface area contributed by atoms with Gasteiger partial charge >= 0.3 is 0 Å². The van der Waals surface area contributed by atoms with Crippen molar-refractivity contribution in [1.82, 2.24) is 15.0 Å². The minimum Gasteiger partial charge on any atom is -0.361 e. The molecule has 0 aliphatic carbocycles. The van der Waals surface area contributed by atoms with Gasteiger partial charge in [-0.25, -0.2) is 4.39 Å². The number of carbonyl (C=O) groups excluding carboxylic acids is 2. The van der Waals surface area contributed by atoms with Crippen molar-refractivity contribution < 1.29 is 18.5 Å². The summed E-state index contributed by atoms with van der Waals surface area (Å²) in [5.41, 5.74) is 2.60. The van der Waals surface area contributed by atoms with Crippen LogP contribution in [0.15, 0.2) is 57.9 Å². The summed E-state index contributed by atoms with van der Waals surface area (Å²) in [7, 11) is 0. The maximum Gasteiger partial charge on any atom is 0.256 e. The van der Waals surface area contributed by atoms with Crippen LogP contribution in [0.4, 0.5) is 4.39 Å². The van der Waals surface area contributed by atoms with Crippen molar-refractivity contribution in [3.63, 3.8) is 0 Å². The molecule has 32 heavy (non-hydrogen) atoms. The predicted octanol–water partition coefficient (Wildman–Crippen LogP) is 4.32. The van der Waals surface area contributed by atoms with E-state index in [1.165, 1.54) is 12.1 Å². The molecule has 2 amide bonds. The van der Waals surface area contributed by atoms with Crippen LogP contribution in [-0.2, 0) is 5.75 Å². The Bertz CT molecular complexity index is 1120. The second-order valence-corrected chi connectivity index (χ2v) is 8.67. The maximum atomic E-state index is 14.0. The molecule has 0 saturated carbocycles. The average Bonchev–Trinajstić information content (AvgIpc) is 3.14. The normalized spacial score (nSPS) is 14.0. The lowest BCUT2D eigenvalue weighted by atomic mass is 10.1. The molecule has 6 nitrogen and oxygen atoms in total. The Kier molecular flexibility index (Phi) is 6.60. The number of halogens is 1. The molecule has 0 spiro atoms. The number of rotatable bonds is 5. The van der Waals surface area contributed by atoms with E-state index in [1.807, 2.05) is 38.1 Å². The van der Waals surface area contributed by atoms with Gasteiger partial charge in [-0.2, -0.15) is 0 Å². The molecule has 1 fully saturated rings. The van der Waals surface area contributed by atoms with Crippen LogP contribution in [0.2, 0.25) is 0 Å². The lowest BCUT2D eigenvalue weighted by Gasteiger charge is -2.35. The molecule has 3 aromatic rings. The van der Waals surface area contributed by atoms with Gasteiger partial charge < -0.3 is 14.3 Å². The topological polar surface area (TPSA) is 66.7 Å². The van der Waals surface area contributed by atoms with Crippen LogP contribution in [0.1, 0.15) is 37.7 Å². The number of hydrogen-bond donors (Lipinski definition) is 0. The smallest absolute Gasteiger partial charge is 0.256 e. The van der Waals surface area contributed by atoms with Crippen molar-refractivity contribution in [3.05, 3.63) is 82.5 Å². The first kappa shape index (κ1) is 22.1. The molecule has 2 heterocycles. The number of hydrogen-bond acceptors (Lipinski definition) is 5. The lowest BCUT2D eigenvalue weighted by Crippen LogP contribution is -2.50. The van der Waals surface area contributed by atoms with Gasteiger partial charge in [-0.1, -0.05) is 29.4 Å². The highest BCUT2D eigenvalue weighted by Crippen LogP contribution is 2.29. The first-order valence-corrected chi connectivity index (χ1v) is 11.4. The van der Waals surface area contributed by atoms with Crippen molar-refractivity contribution in [2.75, 3.05) is 26.2 Å². The molecule has 0 radical (unpaired) electrons. The largest absolute Gasteiger partial charge is 0.361 e. The van der Waals surface area contributed by atoms with Gasteiger partial charge in [-0.05, 0) is 38.1 Å². The van der Waals surface area contributed by atoms with E-state index in [0.717, 1.165) is 21.9 Å². The quantitative estimate of drug-likeness (QED) is 0.538. The highest BCUT2D eigenvalue weighted by molar-refractivity contribution is 7.98. The second kappa shape index (κ2) is 9.56.